The Kier molecular flexibility index (Phi) is 2.44. The molecule has 0 spiro atoms. The molecular weight excluding hydrogens is 160 g/mol. The van der Waals surface area contributed by atoms with E-state index in [0.29, 0.717) is 11.8 Å². The van der Waals surface area contributed by atoms with Crippen LogP contribution in [0.1, 0.15) is 18.4 Å². The molecule has 68 valence electrons. The van der Waals surface area contributed by atoms with Crippen LogP contribution in [-0.2, 0) is 11.2 Å². The van der Waals surface area contributed by atoms with Crippen molar-refractivity contribution in [3.63, 3.8) is 0 Å². The Hall–Kier alpha value is -1.11. The fraction of sp³-hybridized carbons (Fsp3) is 0.417. The molecule has 1 aliphatic carbocycles. The van der Waals surface area contributed by atoms with Crippen LogP contribution in [0.3, 0.4) is 0 Å². The number of hydrogen-bond acceptors (Lipinski definition) is 1. The summed E-state index contributed by atoms with van der Waals surface area (Å²) in [6.07, 6.45) is 4.52. The molecule has 0 heterocycles. The van der Waals surface area contributed by atoms with Crippen LogP contribution in [0.25, 0.3) is 0 Å². The van der Waals surface area contributed by atoms with E-state index in [1.165, 1.54) is 12.0 Å². The summed E-state index contributed by atoms with van der Waals surface area (Å²) >= 11 is 0. The van der Waals surface area contributed by atoms with Crippen LogP contribution in [0.2, 0.25) is 0 Å². The van der Waals surface area contributed by atoms with Gasteiger partial charge in [0, 0.05) is 5.92 Å². The summed E-state index contributed by atoms with van der Waals surface area (Å²) in [5.74, 6) is 1.06. The molecule has 2 atom stereocenters. The van der Waals surface area contributed by atoms with Crippen LogP contribution in [0.4, 0.5) is 0 Å². The van der Waals surface area contributed by atoms with Crippen LogP contribution in [0.15, 0.2) is 30.3 Å². The number of aldehydes is 1. The lowest BCUT2D eigenvalue weighted by Crippen LogP contribution is -1.89. The summed E-state index contributed by atoms with van der Waals surface area (Å²) in [6, 6.07) is 10.5. The number of hydrogen-bond donors (Lipinski definition) is 0. The molecule has 1 fully saturated rings. The zero-order chi connectivity index (χ0) is 9.10. The van der Waals surface area contributed by atoms with Crippen LogP contribution in [-0.4, -0.2) is 6.29 Å². The molecule has 1 aromatic rings. The maximum atomic E-state index is 10.4. The maximum Gasteiger partial charge on any atom is 0.123 e. The minimum atomic E-state index is 0.378. The standard InChI is InChI=1S/C12H14O/c13-9-12-8-11(12)7-6-10-4-2-1-3-5-10/h1-5,9,11-12H,6-8H2/t11-,12-/m0/s1. The predicted octanol–water partition coefficient (Wildman–Crippen LogP) is 2.45. The molecule has 13 heavy (non-hydrogen) atoms. The van der Waals surface area contributed by atoms with Gasteiger partial charge in [0.25, 0.3) is 0 Å². The molecule has 0 N–H and O–H groups in total. The molecule has 0 bridgehead atoms. The molecule has 0 amide bonds. The Balaban J connectivity index is 1.78. The number of aryl methyl sites for hydroxylation is 1. The van der Waals surface area contributed by atoms with E-state index in [1.54, 1.807) is 0 Å². The highest BCUT2D eigenvalue weighted by Crippen LogP contribution is 2.39. The van der Waals surface area contributed by atoms with E-state index in [4.69, 9.17) is 0 Å². The first-order valence-electron chi connectivity index (χ1n) is 4.89. The number of benzene rings is 1. The normalized spacial score (nSPS) is 25.5. The summed E-state index contributed by atoms with van der Waals surface area (Å²) in [5.41, 5.74) is 1.39. The molecule has 1 aromatic carbocycles. The van der Waals surface area contributed by atoms with Crippen LogP contribution >= 0.6 is 0 Å². The second-order valence-electron chi connectivity index (χ2n) is 3.82. The van der Waals surface area contributed by atoms with Crippen molar-refractivity contribution in [3.8, 4) is 0 Å². The van der Waals surface area contributed by atoms with Crippen molar-refractivity contribution in [2.75, 3.05) is 0 Å². The largest absolute Gasteiger partial charge is 0.303 e. The van der Waals surface area contributed by atoms with Gasteiger partial charge in [-0.2, -0.15) is 0 Å². The lowest BCUT2D eigenvalue weighted by Gasteiger charge is -1.98. The quantitative estimate of drug-likeness (QED) is 0.641. The van der Waals surface area contributed by atoms with Crippen LogP contribution < -0.4 is 0 Å². The molecule has 1 nitrogen and oxygen atoms in total. The molecule has 0 radical (unpaired) electrons. The fourth-order valence-electron chi connectivity index (χ4n) is 1.77. The lowest BCUT2D eigenvalue weighted by atomic mass is 10.1. The van der Waals surface area contributed by atoms with Gasteiger partial charge >= 0.3 is 0 Å². The Morgan fingerprint density at radius 2 is 2.08 bits per heavy atom. The van der Waals surface area contributed by atoms with Crippen molar-refractivity contribution >= 4 is 6.29 Å². The first-order valence-corrected chi connectivity index (χ1v) is 4.89. The van der Waals surface area contributed by atoms with Gasteiger partial charge in [-0.25, -0.2) is 0 Å². The lowest BCUT2D eigenvalue weighted by molar-refractivity contribution is -0.109. The molecular formula is C12H14O. The van der Waals surface area contributed by atoms with E-state index >= 15 is 0 Å². The molecule has 2 rings (SSSR count). The maximum absolute atomic E-state index is 10.4. The van der Waals surface area contributed by atoms with Crippen molar-refractivity contribution < 1.29 is 4.79 Å². The zero-order valence-corrected chi connectivity index (χ0v) is 7.65. The zero-order valence-electron chi connectivity index (χ0n) is 7.65. The van der Waals surface area contributed by atoms with Gasteiger partial charge in [0.15, 0.2) is 0 Å². The fourth-order valence-corrected chi connectivity index (χ4v) is 1.77. The summed E-state index contributed by atoms with van der Waals surface area (Å²) in [4.78, 5) is 10.4. The van der Waals surface area contributed by atoms with Gasteiger partial charge in [-0.3, -0.25) is 0 Å². The summed E-state index contributed by atoms with van der Waals surface area (Å²) in [6.45, 7) is 0. The van der Waals surface area contributed by atoms with Crippen LogP contribution in [0.5, 0.6) is 0 Å². The second-order valence-corrected chi connectivity index (χ2v) is 3.82. The van der Waals surface area contributed by atoms with Crippen molar-refractivity contribution in [2.45, 2.75) is 19.3 Å². The minimum Gasteiger partial charge on any atom is -0.303 e. The Labute approximate surface area is 78.8 Å². The molecule has 0 aromatic heterocycles. The van der Waals surface area contributed by atoms with Gasteiger partial charge in [-0.15, -0.1) is 0 Å². The average molecular weight is 174 g/mol. The summed E-state index contributed by atoms with van der Waals surface area (Å²) < 4.78 is 0. The van der Waals surface area contributed by atoms with E-state index in [9.17, 15) is 4.79 Å². The van der Waals surface area contributed by atoms with Crippen molar-refractivity contribution in [3.05, 3.63) is 35.9 Å². The molecule has 0 aliphatic heterocycles. The molecule has 0 unspecified atom stereocenters. The highest BCUT2D eigenvalue weighted by Gasteiger charge is 2.35. The third-order valence-electron chi connectivity index (χ3n) is 2.80. The highest BCUT2D eigenvalue weighted by molar-refractivity contribution is 5.58. The third kappa shape index (κ3) is 2.18. The Bertz CT molecular complexity index is 278. The van der Waals surface area contributed by atoms with Gasteiger partial charge in [0.05, 0.1) is 0 Å². The van der Waals surface area contributed by atoms with Gasteiger partial charge in [0.1, 0.15) is 6.29 Å². The summed E-state index contributed by atoms with van der Waals surface area (Å²) in [7, 11) is 0. The number of rotatable bonds is 4. The van der Waals surface area contributed by atoms with Gasteiger partial charge in [0.2, 0.25) is 0 Å². The molecule has 1 aliphatic rings. The smallest absolute Gasteiger partial charge is 0.123 e. The monoisotopic (exact) mass is 174 g/mol. The van der Waals surface area contributed by atoms with Gasteiger partial charge in [-0.05, 0) is 30.7 Å². The topological polar surface area (TPSA) is 17.1 Å². The molecule has 0 saturated heterocycles. The van der Waals surface area contributed by atoms with E-state index < -0.39 is 0 Å². The summed E-state index contributed by atoms with van der Waals surface area (Å²) in [5, 5.41) is 0. The van der Waals surface area contributed by atoms with E-state index in [1.807, 2.05) is 6.07 Å². The first-order chi connectivity index (χ1) is 6.40. The third-order valence-corrected chi connectivity index (χ3v) is 2.80. The van der Waals surface area contributed by atoms with Gasteiger partial charge < -0.3 is 4.79 Å². The van der Waals surface area contributed by atoms with E-state index in [2.05, 4.69) is 24.3 Å². The van der Waals surface area contributed by atoms with Crippen molar-refractivity contribution in [2.24, 2.45) is 11.8 Å². The SMILES string of the molecule is O=C[C@@H]1C[C@@H]1CCc1ccccc1. The minimum absolute atomic E-state index is 0.378. The molecule has 1 heteroatoms. The average Bonchev–Trinajstić information content (AvgIpc) is 2.95. The van der Waals surface area contributed by atoms with Gasteiger partial charge in [-0.1, -0.05) is 30.3 Å². The number of carbonyl (C=O) groups is 1. The Morgan fingerprint density at radius 3 is 2.69 bits per heavy atom. The highest BCUT2D eigenvalue weighted by atomic mass is 16.1. The van der Waals surface area contributed by atoms with E-state index in [0.717, 1.165) is 19.1 Å². The Morgan fingerprint density at radius 1 is 1.31 bits per heavy atom. The predicted molar refractivity (Wildman–Crippen MR) is 52.4 cm³/mol. The van der Waals surface area contributed by atoms with E-state index in [-0.39, 0.29) is 0 Å². The first kappa shape index (κ1) is 8.49. The van der Waals surface area contributed by atoms with Crippen molar-refractivity contribution in [1.82, 2.24) is 0 Å². The number of carbonyl (C=O) groups excluding carboxylic acids is 1. The molecule has 1 saturated carbocycles. The second kappa shape index (κ2) is 3.73. The van der Waals surface area contributed by atoms with Crippen LogP contribution in [0, 0.1) is 11.8 Å². The van der Waals surface area contributed by atoms with Crippen molar-refractivity contribution in [1.29, 1.82) is 0 Å².